The van der Waals surface area contributed by atoms with Gasteiger partial charge in [-0.15, -0.1) is 0 Å². The number of nitrogens with zero attached hydrogens (tertiary/aromatic N) is 5. The van der Waals surface area contributed by atoms with Gasteiger partial charge in [0.25, 0.3) is 0 Å². The first-order chi connectivity index (χ1) is 9.91. The molecule has 0 aliphatic heterocycles. The molecule has 0 atom stereocenters. The third kappa shape index (κ3) is 189. The van der Waals surface area contributed by atoms with E-state index >= 15 is 0 Å². The fourth-order valence-corrected chi connectivity index (χ4v) is 0.957. The fourth-order valence-electron chi connectivity index (χ4n) is 0.957. The van der Waals surface area contributed by atoms with Crippen molar-refractivity contribution < 1.29 is 17.1 Å². The van der Waals surface area contributed by atoms with Gasteiger partial charge in [-0.25, -0.2) is 0 Å². The summed E-state index contributed by atoms with van der Waals surface area (Å²) in [6.45, 7) is 26.1. The zero-order chi connectivity index (χ0) is 17.7. The summed E-state index contributed by atoms with van der Waals surface area (Å²) in [7, 11) is 4.02. The fraction of sp³-hybridized carbons (Fsp3) is 0.615. The largest absolute Gasteiger partial charge is 5.00 e. The molecule has 0 aromatic carbocycles. The molecule has 115 valence electrons. The summed E-state index contributed by atoms with van der Waals surface area (Å²) in [5, 5.41) is 37.5. The molecule has 8 heteroatoms. The van der Waals surface area contributed by atoms with Crippen LogP contribution in [0.4, 0.5) is 0 Å². The maximum absolute atomic E-state index is 6.25. The Balaban J connectivity index is -0.0000000303. The van der Waals surface area contributed by atoms with Gasteiger partial charge < -0.3 is 69.8 Å². The van der Waals surface area contributed by atoms with Gasteiger partial charge in [0.1, 0.15) is 0 Å². The number of unbranched alkanes of at least 4 members (excludes halogenated alkanes) is 3. The van der Waals surface area contributed by atoms with Crippen LogP contribution in [0, 0.1) is 59.2 Å². The molecule has 0 bridgehead atoms. The van der Waals surface area contributed by atoms with Crippen molar-refractivity contribution in [1.82, 2.24) is 10.6 Å². The molecule has 0 aromatic rings. The zero-order valence-corrected chi connectivity index (χ0v) is 13.4. The topological polar surface area (TPSA) is 143 Å². The molecular formula is C13H20FeN7. The van der Waals surface area contributed by atoms with Gasteiger partial charge in [-0.3, -0.25) is 0 Å². The molecule has 7 nitrogen and oxygen atoms in total. The third-order valence-corrected chi connectivity index (χ3v) is 1.60. The second kappa shape index (κ2) is 147. The van der Waals surface area contributed by atoms with Gasteiger partial charge in [-0.2, -0.15) is 0 Å². The van der Waals surface area contributed by atoms with E-state index in [1.165, 1.54) is 38.8 Å². The second-order valence-corrected chi connectivity index (χ2v) is 2.62. The molecule has 2 N–H and O–H groups in total. The average molecular weight is 330 g/mol. The number of rotatable bonds is 7. The Hall–Kier alpha value is -2.11. The van der Waals surface area contributed by atoms with E-state index in [1.54, 1.807) is 0 Å². The van der Waals surface area contributed by atoms with Crippen molar-refractivity contribution >= 4 is 0 Å². The molecule has 0 fully saturated rings. The van der Waals surface area contributed by atoms with Crippen molar-refractivity contribution in [2.24, 2.45) is 0 Å². The van der Waals surface area contributed by atoms with Gasteiger partial charge in [-0.1, -0.05) is 12.8 Å². The number of hydrogen-bond acceptors (Lipinski definition) is 7. The summed E-state index contributed by atoms with van der Waals surface area (Å²) in [5.41, 5.74) is 0. The molecule has 0 amide bonds. The van der Waals surface area contributed by atoms with Crippen LogP contribution >= 0.6 is 0 Å². The number of nitrogens with one attached hydrogen (secondary N) is 2. The number of hydrogen-bond donors (Lipinski definition) is 2. The first-order valence-corrected chi connectivity index (χ1v) is 5.33. The molecule has 0 aliphatic carbocycles. The SMILES string of the molecule is CNCCCCCCNC.[C-]#N.[C-]#N.[C-]#N.[C-]#N.[C-]#N.[Fe+5]. The Kier molecular flexibility index (Phi) is 300. The van der Waals surface area contributed by atoms with Gasteiger partial charge in [0.05, 0.1) is 0 Å². The van der Waals surface area contributed by atoms with Crippen LogP contribution in [0.1, 0.15) is 25.7 Å². The van der Waals surface area contributed by atoms with Gasteiger partial charge in [-0.05, 0) is 40.0 Å². The normalized spacial score (nSPS) is 5.33. The molecule has 0 aliphatic rings. The summed E-state index contributed by atoms with van der Waals surface area (Å²) in [4.78, 5) is 0. The quantitative estimate of drug-likeness (QED) is 0.408. The summed E-state index contributed by atoms with van der Waals surface area (Å²) >= 11 is 0. The molecule has 0 saturated heterocycles. The smallest absolute Gasteiger partial charge is 0.512 e. The van der Waals surface area contributed by atoms with E-state index in [0.717, 1.165) is 0 Å². The van der Waals surface area contributed by atoms with E-state index in [9.17, 15) is 0 Å². The molecule has 1 radical (unpaired) electrons. The van der Waals surface area contributed by atoms with Crippen LogP contribution in [0.15, 0.2) is 0 Å². The van der Waals surface area contributed by atoms with Crippen molar-refractivity contribution in [2.75, 3.05) is 27.2 Å². The molecule has 21 heavy (non-hydrogen) atoms. The molecule has 0 rings (SSSR count). The van der Waals surface area contributed by atoms with E-state index in [1.807, 2.05) is 14.1 Å². The third-order valence-electron chi connectivity index (χ3n) is 1.60. The Morgan fingerprint density at radius 3 is 0.857 bits per heavy atom. The molecule has 0 spiro atoms. The zero-order valence-electron chi connectivity index (χ0n) is 12.3. The Bertz CT molecular complexity index is 166. The Labute approximate surface area is 140 Å². The Morgan fingerprint density at radius 2 is 0.714 bits per heavy atom. The van der Waals surface area contributed by atoms with Crippen LogP contribution in [-0.2, 0) is 17.1 Å². The summed E-state index contributed by atoms with van der Waals surface area (Å²) in [5.74, 6) is 0. The van der Waals surface area contributed by atoms with E-state index in [2.05, 4.69) is 10.6 Å². The minimum atomic E-state index is 0. The standard InChI is InChI=1S/C8H20N2.5CN.Fe/c1-9-7-5-3-4-6-8-10-2;5*1-2;/h9-10H,3-8H2,1-2H3;;;;;;/q;5*-1;+5. The van der Waals surface area contributed by atoms with E-state index in [0.29, 0.717) is 0 Å². The minimum absolute atomic E-state index is 0. The summed E-state index contributed by atoms with van der Waals surface area (Å²) < 4.78 is 0. The average Bonchev–Trinajstić information content (AvgIpc) is 2.60. The van der Waals surface area contributed by atoms with Gasteiger partial charge in [0.2, 0.25) is 0 Å². The van der Waals surface area contributed by atoms with Crippen LogP contribution in [0.2, 0.25) is 0 Å². The molecule has 0 unspecified atom stereocenters. The van der Waals surface area contributed by atoms with Gasteiger partial charge in [0, 0.05) is 0 Å². The minimum Gasteiger partial charge on any atom is -0.512 e. The molecular weight excluding hydrogens is 310 g/mol. The van der Waals surface area contributed by atoms with E-state index in [4.69, 9.17) is 59.2 Å². The first-order valence-electron chi connectivity index (χ1n) is 5.33. The maximum Gasteiger partial charge on any atom is 5.00 e. The molecule has 0 aromatic heterocycles. The Morgan fingerprint density at radius 1 is 0.524 bits per heavy atom. The molecule has 0 heterocycles. The second-order valence-electron chi connectivity index (χ2n) is 2.62. The van der Waals surface area contributed by atoms with Gasteiger partial charge in [0.15, 0.2) is 0 Å². The summed E-state index contributed by atoms with van der Waals surface area (Å²) in [6, 6.07) is 0. The van der Waals surface area contributed by atoms with E-state index < -0.39 is 0 Å². The van der Waals surface area contributed by atoms with Crippen molar-refractivity contribution in [1.29, 1.82) is 26.3 Å². The van der Waals surface area contributed by atoms with Crippen LogP contribution in [0.5, 0.6) is 0 Å². The first kappa shape index (κ1) is 42.8. The maximum atomic E-state index is 6.25. The van der Waals surface area contributed by atoms with Crippen molar-refractivity contribution in [3.05, 3.63) is 32.9 Å². The van der Waals surface area contributed by atoms with Crippen molar-refractivity contribution in [2.45, 2.75) is 25.7 Å². The van der Waals surface area contributed by atoms with Gasteiger partial charge >= 0.3 is 17.1 Å². The summed E-state index contributed by atoms with van der Waals surface area (Å²) in [6.07, 6.45) is 5.37. The predicted molar refractivity (Wildman–Crippen MR) is 71.2 cm³/mol. The monoisotopic (exact) mass is 330 g/mol. The van der Waals surface area contributed by atoms with Crippen molar-refractivity contribution in [3.63, 3.8) is 0 Å². The van der Waals surface area contributed by atoms with Crippen molar-refractivity contribution in [3.8, 4) is 0 Å². The van der Waals surface area contributed by atoms with Crippen LogP contribution in [-0.4, -0.2) is 27.2 Å². The van der Waals surface area contributed by atoms with E-state index in [-0.39, 0.29) is 17.1 Å². The van der Waals surface area contributed by atoms with Crippen LogP contribution in [0.3, 0.4) is 0 Å². The molecule has 0 saturated carbocycles. The van der Waals surface area contributed by atoms with Crippen LogP contribution < -0.4 is 10.6 Å². The van der Waals surface area contributed by atoms with Crippen LogP contribution in [0.25, 0.3) is 0 Å². The predicted octanol–water partition coefficient (Wildman–Crippen LogP) is 1.46.